The molecule has 0 aliphatic carbocycles. The number of hydrogen-bond donors (Lipinski definition) is 3. The fourth-order valence-corrected chi connectivity index (χ4v) is 5.97. The second-order valence-corrected chi connectivity index (χ2v) is 10.9. The van der Waals surface area contributed by atoms with Crippen molar-refractivity contribution in [2.45, 2.75) is 12.8 Å². The molecule has 2 aromatic heterocycles. The minimum atomic E-state index is -3.81. The van der Waals surface area contributed by atoms with E-state index in [-0.39, 0.29) is 23.5 Å². The van der Waals surface area contributed by atoms with Crippen molar-refractivity contribution in [2.24, 2.45) is 5.73 Å². The van der Waals surface area contributed by atoms with Crippen LogP contribution in [-0.4, -0.2) is 42.3 Å². The highest BCUT2D eigenvalue weighted by molar-refractivity contribution is 7.89. The van der Waals surface area contributed by atoms with E-state index in [4.69, 9.17) is 18.0 Å². The molecule has 0 bridgehead atoms. The molecule has 0 fully saturated rings. The van der Waals surface area contributed by atoms with E-state index < -0.39 is 10.2 Å². The van der Waals surface area contributed by atoms with Crippen LogP contribution in [0.15, 0.2) is 60.0 Å². The van der Waals surface area contributed by atoms with Gasteiger partial charge in [-0.1, -0.05) is 31.2 Å². The average molecular weight is 514 g/mol. The smallest absolute Gasteiger partial charge is 0.303 e. The molecule has 1 atom stereocenters. The molecule has 176 valence electrons. The van der Waals surface area contributed by atoms with Gasteiger partial charge in [0, 0.05) is 35.3 Å². The van der Waals surface area contributed by atoms with Gasteiger partial charge in [-0.3, -0.25) is 4.79 Å². The lowest BCUT2D eigenvalue weighted by Gasteiger charge is -2.25. The van der Waals surface area contributed by atoms with Crippen LogP contribution in [0.4, 0.5) is 5.69 Å². The molecule has 0 aliphatic heterocycles. The van der Waals surface area contributed by atoms with E-state index in [1.165, 1.54) is 7.05 Å². The summed E-state index contributed by atoms with van der Waals surface area (Å²) >= 11 is 6.50. The summed E-state index contributed by atoms with van der Waals surface area (Å²) in [6, 6.07) is 16.8. The van der Waals surface area contributed by atoms with E-state index in [2.05, 4.69) is 15.0 Å². The lowest BCUT2D eigenvalue weighted by molar-refractivity contribution is 0.102. The zero-order valence-corrected chi connectivity index (χ0v) is 20.9. The van der Waals surface area contributed by atoms with Crippen LogP contribution in [0.25, 0.3) is 21.0 Å². The van der Waals surface area contributed by atoms with E-state index in [1.807, 2.05) is 60.8 Å². The number of carbonyl (C=O) groups excluding carboxylic acids is 1. The maximum absolute atomic E-state index is 12.8. The minimum absolute atomic E-state index is 0.0853. The molecule has 0 aliphatic rings. The summed E-state index contributed by atoms with van der Waals surface area (Å²) < 4.78 is 28.8. The fourth-order valence-electron chi connectivity index (χ4n) is 3.66. The number of thiophene rings is 1. The summed E-state index contributed by atoms with van der Waals surface area (Å²) in [6.45, 7) is 1.99. The Balaban J connectivity index is 1.59. The molecule has 8 nitrogen and oxygen atoms in total. The number of nitrogens with one attached hydrogen (secondary N) is 2. The quantitative estimate of drug-likeness (QED) is 0.324. The summed E-state index contributed by atoms with van der Waals surface area (Å²) in [5.41, 5.74) is 8.30. The van der Waals surface area contributed by atoms with Crippen LogP contribution in [0.2, 0.25) is 0 Å². The number of anilines is 1. The van der Waals surface area contributed by atoms with E-state index in [0.29, 0.717) is 11.4 Å². The summed E-state index contributed by atoms with van der Waals surface area (Å²) in [5.74, 6) is -0.513. The first-order valence-corrected chi connectivity index (χ1v) is 13.1. The van der Waals surface area contributed by atoms with Crippen LogP contribution < -0.4 is 15.8 Å². The molecule has 34 heavy (non-hydrogen) atoms. The lowest BCUT2D eigenvalue weighted by atomic mass is 10.00. The van der Waals surface area contributed by atoms with Gasteiger partial charge >= 0.3 is 10.2 Å². The van der Waals surface area contributed by atoms with Gasteiger partial charge in [-0.05, 0) is 58.9 Å². The number of carbonyl (C=O) groups is 1. The van der Waals surface area contributed by atoms with Crippen molar-refractivity contribution in [3.05, 3.63) is 71.2 Å². The molecular weight excluding hydrogens is 490 g/mol. The van der Waals surface area contributed by atoms with Crippen molar-refractivity contribution >= 4 is 71.5 Å². The normalized spacial score (nSPS) is 12.5. The number of nitrogens with two attached hydrogens (primary N) is 1. The molecule has 0 saturated heterocycles. The highest BCUT2D eigenvalue weighted by Gasteiger charge is 2.25. The molecule has 2 heterocycles. The molecule has 0 spiro atoms. The highest BCUT2D eigenvalue weighted by Crippen LogP contribution is 2.34. The predicted octanol–water partition coefficient (Wildman–Crippen LogP) is 3.82. The number of benzene rings is 2. The first-order chi connectivity index (χ1) is 16.2. The van der Waals surface area contributed by atoms with Crippen molar-refractivity contribution in [1.82, 2.24) is 14.0 Å². The van der Waals surface area contributed by atoms with Crippen LogP contribution in [0, 0.1) is 0 Å². The molecule has 1 unspecified atom stereocenters. The molecule has 4 N–H and O–H groups in total. The highest BCUT2D eigenvalue weighted by atomic mass is 32.2. The van der Waals surface area contributed by atoms with Gasteiger partial charge in [-0.2, -0.15) is 8.42 Å². The Morgan fingerprint density at radius 2 is 1.97 bits per heavy atom. The average Bonchev–Trinajstić information content (AvgIpc) is 3.25. The SMILES string of the molecule is CNS(=O)(=O)N(CC(C)c1csc2ccc(NC(=O)c3ccc4ccccc4n3)cc12)C(N)=S. The van der Waals surface area contributed by atoms with Gasteiger partial charge in [-0.25, -0.2) is 14.0 Å². The van der Waals surface area contributed by atoms with Gasteiger partial charge in [0.05, 0.1) is 5.52 Å². The number of hydrogen-bond acceptors (Lipinski definition) is 6. The Morgan fingerprint density at radius 1 is 1.21 bits per heavy atom. The number of rotatable bonds is 7. The van der Waals surface area contributed by atoms with Gasteiger partial charge in [-0.15, -0.1) is 11.3 Å². The third kappa shape index (κ3) is 4.87. The van der Waals surface area contributed by atoms with Gasteiger partial charge in [0.15, 0.2) is 5.11 Å². The Labute approximate surface area is 207 Å². The molecule has 2 aromatic carbocycles. The maximum Gasteiger partial charge on any atom is 0.303 e. The monoisotopic (exact) mass is 513 g/mol. The summed E-state index contributed by atoms with van der Waals surface area (Å²) in [4.78, 5) is 17.3. The van der Waals surface area contributed by atoms with Gasteiger partial charge in [0.1, 0.15) is 5.69 Å². The first kappa shape index (κ1) is 24.0. The number of pyridine rings is 1. The van der Waals surface area contributed by atoms with E-state index in [0.717, 1.165) is 30.9 Å². The van der Waals surface area contributed by atoms with Crippen LogP contribution >= 0.6 is 23.6 Å². The van der Waals surface area contributed by atoms with E-state index >= 15 is 0 Å². The van der Waals surface area contributed by atoms with Crippen molar-refractivity contribution in [1.29, 1.82) is 0 Å². The van der Waals surface area contributed by atoms with Gasteiger partial charge < -0.3 is 11.1 Å². The third-order valence-corrected chi connectivity index (χ3v) is 8.22. The molecule has 1 amide bonds. The van der Waals surface area contributed by atoms with Crippen LogP contribution in [0.3, 0.4) is 0 Å². The zero-order valence-electron chi connectivity index (χ0n) is 18.5. The van der Waals surface area contributed by atoms with Crippen molar-refractivity contribution in [2.75, 3.05) is 18.9 Å². The summed E-state index contributed by atoms with van der Waals surface area (Å²) in [6.07, 6.45) is 0. The Morgan fingerprint density at radius 3 is 2.71 bits per heavy atom. The number of aromatic nitrogens is 1. The fraction of sp³-hybridized carbons (Fsp3) is 0.174. The largest absolute Gasteiger partial charge is 0.375 e. The second-order valence-electron chi connectivity index (χ2n) is 7.72. The third-order valence-electron chi connectivity index (χ3n) is 5.46. The van der Waals surface area contributed by atoms with Gasteiger partial charge in [0.2, 0.25) is 0 Å². The number of nitrogens with zero attached hydrogens (tertiary/aromatic N) is 2. The molecule has 0 radical (unpaired) electrons. The molecule has 0 saturated carbocycles. The number of thiocarbonyl (C=S) groups is 1. The van der Waals surface area contributed by atoms with Gasteiger partial charge in [0.25, 0.3) is 5.91 Å². The van der Waals surface area contributed by atoms with Crippen molar-refractivity contribution in [3.63, 3.8) is 0 Å². The van der Waals surface area contributed by atoms with Crippen molar-refractivity contribution < 1.29 is 13.2 Å². The van der Waals surface area contributed by atoms with Crippen LogP contribution in [-0.2, 0) is 10.2 Å². The minimum Gasteiger partial charge on any atom is -0.375 e. The molecular formula is C23H23N5O3S3. The molecule has 4 aromatic rings. The Hall–Kier alpha value is -3.12. The molecule has 11 heteroatoms. The second kappa shape index (κ2) is 9.63. The Kier molecular flexibility index (Phi) is 6.80. The predicted molar refractivity (Wildman–Crippen MR) is 141 cm³/mol. The van der Waals surface area contributed by atoms with E-state index in [9.17, 15) is 13.2 Å². The topological polar surface area (TPSA) is 117 Å². The van der Waals surface area contributed by atoms with Crippen LogP contribution in [0.5, 0.6) is 0 Å². The Bertz CT molecular complexity index is 1500. The standard InChI is InChI=1S/C23H23N5O3S3/c1-14(12-28(23(24)32)34(30,31)25-2)18-13-33-21-10-8-16(11-17(18)21)26-22(29)20-9-7-15-5-3-4-6-19(15)27-20/h3-11,13-14,25H,12H2,1-2H3,(H2,24,32)(H,26,29). The van der Waals surface area contributed by atoms with Crippen molar-refractivity contribution in [3.8, 4) is 0 Å². The number of para-hydroxylation sites is 1. The van der Waals surface area contributed by atoms with Crippen LogP contribution in [0.1, 0.15) is 28.9 Å². The zero-order chi connectivity index (χ0) is 24.5. The summed E-state index contributed by atoms with van der Waals surface area (Å²) in [5, 5.41) is 6.55. The summed E-state index contributed by atoms with van der Waals surface area (Å²) in [7, 11) is -2.50. The number of amides is 1. The lowest BCUT2D eigenvalue weighted by Crippen LogP contribution is -2.47. The van der Waals surface area contributed by atoms with E-state index in [1.54, 1.807) is 17.4 Å². The maximum atomic E-state index is 12.8. The first-order valence-electron chi connectivity index (χ1n) is 10.4. The number of fused-ring (bicyclic) bond motifs is 2. The molecule has 4 rings (SSSR count).